The number of hydrogen-bond donors (Lipinski definition) is 6. The summed E-state index contributed by atoms with van der Waals surface area (Å²) < 4.78 is 5.66. The summed E-state index contributed by atoms with van der Waals surface area (Å²) in [6.45, 7) is 0.860. The first-order chi connectivity index (χ1) is 20.1. The number of rotatable bonds is 18. The molecule has 13 heteroatoms. The fraction of sp³-hybridized carbons (Fsp3) is 0.621. The molecular weight excluding hydrogens is 546 g/mol. The van der Waals surface area contributed by atoms with E-state index in [1.165, 1.54) is 7.11 Å². The van der Waals surface area contributed by atoms with Gasteiger partial charge in [-0.25, -0.2) is 4.79 Å². The highest BCUT2D eigenvalue weighted by Crippen LogP contribution is 2.25. The van der Waals surface area contributed by atoms with Gasteiger partial charge in [-0.2, -0.15) is 0 Å². The van der Waals surface area contributed by atoms with Gasteiger partial charge < -0.3 is 41.5 Å². The monoisotopic (exact) mass is 591 g/mol. The van der Waals surface area contributed by atoms with Crippen molar-refractivity contribution in [1.82, 2.24) is 20.9 Å². The second-order valence-corrected chi connectivity index (χ2v) is 10.5. The molecule has 7 N–H and O–H groups in total. The number of hydrogen-bond acceptors (Lipinski definition) is 8. The van der Waals surface area contributed by atoms with E-state index in [0.29, 0.717) is 51.6 Å². The molecule has 0 radical (unpaired) electrons. The number of piperidine rings is 1. The molecule has 0 aromatic heterocycles. The van der Waals surface area contributed by atoms with E-state index >= 15 is 0 Å². The lowest BCUT2D eigenvalue weighted by atomic mass is 9.93. The van der Waals surface area contributed by atoms with Crippen molar-refractivity contribution in [2.45, 2.75) is 88.1 Å². The normalized spacial score (nSPS) is 18.9. The molecule has 2 rings (SSSR count). The van der Waals surface area contributed by atoms with E-state index in [2.05, 4.69) is 16.0 Å². The van der Waals surface area contributed by atoms with Crippen LogP contribution in [0, 0.1) is 0 Å². The van der Waals surface area contributed by atoms with Crippen LogP contribution in [-0.2, 0) is 35.1 Å². The highest BCUT2D eigenvalue weighted by atomic mass is 16.5. The number of carbonyl (C=O) groups excluding carboxylic acids is 3. The highest BCUT2D eigenvalue weighted by molar-refractivity contribution is 5.90. The molecule has 3 amide bonds. The molecule has 1 heterocycles. The maximum atomic E-state index is 14.0. The number of methoxy groups -OCH3 is 1. The molecule has 1 aliphatic heterocycles. The van der Waals surface area contributed by atoms with Gasteiger partial charge >= 0.3 is 11.9 Å². The van der Waals surface area contributed by atoms with Gasteiger partial charge in [0.05, 0.1) is 24.6 Å². The molecule has 1 aromatic rings. The minimum atomic E-state index is -1.56. The van der Waals surface area contributed by atoms with Crippen LogP contribution in [0.4, 0.5) is 0 Å². The first kappa shape index (κ1) is 34.7. The summed E-state index contributed by atoms with van der Waals surface area (Å²) in [6, 6.07) is 6.14. The molecular formula is C29H45N5O8. The van der Waals surface area contributed by atoms with Gasteiger partial charge in [0.15, 0.2) is 0 Å². The number of likely N-dealkylation sites (tertiary alicyclic amines) is 1. The van der Waals surface area contributed by atoms with Gasteiger partial charge in [-0.15, -0.1) is 0 Å². The Morgan fingerprint density at radius 1 is 1.05 bits per heavy atom. The van der Waals surface area contributed by atoms with E-state index in [0.717, 1.165) is 5.56 Å². The number of carboxylic acid groups (broad SMARTS) is 2. The Morgan fingerprint density at radius 2 is 1.76 bits per heavy atom. The van der Waals surface area contributed by atoms with Crippen molar-refractivity contribution in [2.24, 2.45) is 5.73 Å². The molecule has 42 heavy (non-hydrogen) atoms. The highest BCUT2D eigenvalue weighted by Gasteiger charge is 2.38. The summed E-state index contributed by atoms with van der Waals surface area (Å²) in [7, 11) is 3.22. The summed E-state index contributed by atoms with van der Waals surface area (Å²) in [5.74, 6) is -4.02. The second-order valence-electron chi connectivity index (χ2n) is 10.5. The third kappa shape index (κ3) is 11.0. The number of carbonyl (C=O) groups is 5. The van der Waals surface area contributed by atoms with Crippen LogP contribution < -0.4 is 21.7 Å². The summed E-state index contributed by atoms with van der Waals surface area (Å²) >= 11 is 0. The SMILES string of the molecule is CN[C@H](Cc1ccccc1)C(=O)N[C@@H](CCCCN)C(=O)N1CCC[C@@H](OC)[C@H]1CCC(=O)N[C@@H](CC(=O)O)C(=O)O. The number of unbranched alkanes of at least 4 members (excludes halogenated alkanes) is 1. The standard InChI is InChI=1S/C29H45N5O8/c1-31-21(17-19-9-4-3-5-10-19)27(38)33-20(11-6-7-15-30)28(39)34-16-8-12-24(42-2)23(34)13-14-25(35)32-22(29(40)41)18-26(36)37/h3-5,9-10,20-24,31H,6-8,11-18,30H2,1-2H3,(H,32,35)(H,33,38)(H,36,37)(H,40,41)/t20-,21+,22-,23+,24+/m0/s1. The fourth-order valence-electron chi connectivity index (χ4n) is 5.23. The molecule has 0 saturated carbocycles. The Morgan fingerprint density at radius 3 is 2.36 bits per heavy atom. The van der Waals surface area contributed by atoms with Crippen LogP contribution in [0.15, 0.2) is 30.3 Å². The summed E-state index contributed by atoms with van der Waals surface area (Å²) in [5, 5.41) is 26.4. The Labute approximate surface area is 246 Å². The fourth-order valence-corrected chi connectivity index (χ4v) is 5.23. The Bertz CT molecular complexity index is 1040. The van der Waals surface area contributed by atoms with Gasteiger partial charge in [-0.05, 0) is 64.1 Å². The lowest BCUT2D eigenvalue weighted by Gasteiger charge is -2.42. The number of benzene rings is 1. The number of nitrogens with one attached hydrogen (secondary N) is 3. The average Bonchev–Trinajstić information content (AvgIpc) is 2.97. The maximum Gasteiger partial charge on any atom is 0.326 e. The number of carboxylic acids is 2. The van der Waals surface area contributed by atoms with Crippen LogP contribution in [0.1, 0.15) is 56.9 Å². The van der Waals surface area contributed by atoms with Gasteiger partial charge in [0.1, 0.15) is 12.1 Å². The van der Waals surface area contributed by atoms with Crippen molar-refractivity contribution in [3.05, 3.63) is 35.9 Å². The zero-order chi connectivity index (χ0) is 31.1. The maximum absolute atomic E-state index is 14.0. The first-order valence-corrected chi connectivity index (χ1v) is 14.4. The number of nitrogens with zero attached hydrogens (tertiary/aromatic N) is 1. The molecule has 0 bridgehead atoms. The molecule has 234 valence electrons. The molecule has 0 spiro atoms. The predicted molar refractivity (Wildman–Crippen MR) is 154 cm³/mol. The van der Waals surface area contributed by atoms with Crippen molar-refractivity contribution in [1.29, 1.82) is 0 Å². The van der Waals surface area contributed by atoms with E-state index in [9.17, 15) is 29.1 Å². The van der Waals surface area contributed by atoms with Crippen LogP contribution in [0.2, 0.25) is 0 Å². The summed E-state index contributed by atoms with van der Waals surface area (Å²) in [5.41, 5.74) is 6.66. The van der Waals surface area contributed by atoms with Crippen LogP contribution in [0.25, 0.3) is 0 Å². The number of likely N-dealkylation sites (N-methyl/N-ethyl adjacent to an activating group) is 1. The third-order valence-electron chi connectivity index (χ3n) is 7.49. The van der Waals surface area contributed by atoms with Crippen molar-refractivity contribution >= 4 is 29.7 Å². The molecule has 1 saturated heterocycles. The van der Waals surface area contributed by atoms with E-state index in [1.807, 2.05) is 30.3 Å². The number of aliphatic carboxylic acids is 2. The molecule has 0 unspecified atom stereocenters. The number of nitrogens with two attached hydrogens (primary N) is 1. The van der Waals surface area contributed by atoms with Gasteiger partial charge in [0, 0.05) is 20.1 Å². The van der Waals surface area contributed by atoms with Crippen LogP contribution in [0.3, 0.4) is 0 Å². The van der Waals surface area contributed by atoms with Crippen LogP contribution >= 0.6 is 0 Å². The summed E-state index contributed by atoms with van der Waals surface area (Å²) in [4.78, 5) is 63.8. The minimum absolute atomic E-state index is 0.138. The third-order valence-corrected chi connectivity index (χ3v) is 7.49. The van der Waals surface area contributed by atoms with Crippen molar-refractivity contribution < 1.29 is 38.9 Å². The van der Waals surface area contributed by atoms with Crippen molar-refractivity contribution in [3.8, 4) is 0 Å². The van der Waals surface area contributed by atoms with E-state index in [4.69, 9.17) is 15.6 Å². The van der Waals surface area contributed by atoms with Crippen LogP contribution in [0.5, 0.6) is 0 Å². The molecule has 1 fully saturated rings. The zero-order valence-electron chi connectivity index (χ0n) is 24.4. The number of amides is 3. The predicted octanol–water partition coefficient (Wildman–Crippen LogP) is 0.261. The zero-order valence-corrected chi connectivity index (χ0v) is 24.4. The van der Waals surface area contributed by atoms with Gasteiger partial charge in [0.2, 0.25) is 17.7 Å². The minimum Gasteiger partial charge on any atom is -0.481 e. The molecule has 0 aliphatic carbocycles. The Balaban J connectivity index is 2.17. The summed E-state index contributed by atoms with van der Waals surface area (Å²) in [6.07, 6.45) is 2.39. The lowest BCUT2D eigenvalue weighted by Crippen LogP contribution is -2.59. The number of ether oxygens (including phenoxy) is 1. The lowest BCUT2D eigenvalue weighted by molar-refractivity contribution is -0.147. The average molecular weight is 592 g/mol. The topological polar surface area (TPSA) is 200 Å². The first-order valence-electron chi connectivity index (χ1n) is 14.4. The van der Waals surface area contributed by atoms with Gasteiger partial charge in [-0.3, -0.25) is 19.2 Å². The van der Waals surface area contributed by atoms with E-state index in [-0.39, 0.29) is 30.8 Å². The van der Waals surface area contributed by atoms with Crippen molar-refractivity contribution in [2.75, 3.05) is 27.2 Å². The van der Waals surface area contributed by atoms with Crippen molar-refractivity contribution in [3.63, 3.8) is 0 Å². The molecule has 13 nitrogen and oxygen atoms in total. The van der Waals surface area contributed by atoms with E-state index in [1.54, 1.807) is 11.9 Å². The van der Waals surface area contributed by atoms with E-state index < -0.39 is 48.4 Å². The second kappa shape index (κ2) is 18.1. The molecule has 1 aromatic carbocycles. The quantitative estimate of drug-likeness (QED) is 0.129. The Hall–Kier alpha value is -3.55. The van der Waals surface area contributed by atoms with Gasteiger partial charge in [-0.1, -0.05) is 30.3 Å². The molecule has 5 atom stereocenters. The largest absolute Gasteiger partial charge is 0.481 e. The smallest absolute Gasteiger partial charge is 0.326 e. The Kier molecular flexibility index (Phi) is 14.9. The van der Waals surface area contributed by atoms with Crippen LogP contribution in [-0.4, -0.2) is 102 Å². The molecule has 1 aliphatic rings. The van der Waals surface area contributed by atoms with Gasteiger partial charge in [0.25, 0.3) is 0 Å².